The van der Waals surface area contributed by atoms with E-state index in [1.54, 1.807) is 0 Å². The first kappa shape index (κ1) is 28.4. The smallest absolute Gasteiger partial charge is 0.0549 e. The monoisotopic (exact) mass is 636 g/mol. The summed E-state index contributed by atoms with van der Waals surface area (Å²) >= 11 is 0. The fourth-order valence-corrected chi connectivity index (χ4v) is 7.83. The van der Waals surface area contributed by atoms with Gasteiger partial charge in [0, 0.05) is 32.8 Å². The summed E-state index contributed by atoms with van der Waals surface area (Å²) < 4.78 is 4.91. The summed E-state index contributed by atoms with van der Waals surface area (Å²) in [7, 11) is 0. The van der Waals surface area contributed by atoms with Gasteiger partial charge in [0.2, 0.25) is 0 Å². The van der Waals surface area contributed by atoms with Gasteiger partial charge in [-0.2, -0.15) is 0 Å². The van der Waals surface area contributed by atoms with Gasteiger partial charge in [-0.3, -0.25) is 0 Å². The highest BCUT2D eigenvalue weighted by atomic mass is 15.0. The van der Waals surface area contributed by atoms with Crippen molar-refractivity contribution in [2.24, 2.45) is 0 Å². The maximum atomic E-state index is 2.47. The van der Waals surface area contributed by atoms with E-state index in [2.05, 4.69) is 203 Å². The Morgan fingerprint density at radius 1 is 0.260 bits per heavy atom. The lowest BCUT2D eigenvalue weighted by Crippen LogP contribution is -1.97. The van der Waals surface area contributed by atoms with Crippen LogP contribution < -0.4 is 0 Å². The lowest BCUT2D eigenvalue weighted by atomic mass is 9.98. The number of hydrogen-bond acceptors (Lipinski definition) is 0. The van der Waals surface area contributed by atoms with Gasteiger partial charge < -0.3 is 9.13 Å². The molecule has 0 atom stereocenters. The molecular weight excluding hydrogens is 605 g/mol. The molecule has 2 nitrogen and oxygen atoms in total. The van der Waals surface area contributed by atoms with Crippen molar-refractivity contribution in [1.82, 2.24) is 9.13 Å². The van der Waals surface area contributed by atoms with Crippen molar-refractivity contribution in [3.63, 3.8) is 0 Å². The highest BCUT2D eigenvalue weighted by Gasteiger charge is 2.20. The molecule has 234 valence electrons. The molecule has 0 bridgehead atoms. The van der Waals surface area contributed by atoms with Crippen LogP contribution in [-0.2, 0) is 0 Å². The predicted molar refractivity (Wildman–Crippen MR) is 211 cm³/mol. The Balaban J connectivity index is 1.24. The predicted octanol–water partition coefficient (Wildman–Crippen LogP) is 12.9. The van der Waals surface area contributed by atoms with Crippen LogP contribution in [-0.4, -0.2) is 9.13 Å². The van der Waals surface area contributed by atoms with Crippen LogP contribution in [0.5, 0.6) is 0 Å². The summed E-state index contributed by atoms with van der Waals surface area (Å²) in [5.41, 5.74) is 14.4. The van der Waals surface area contributed by atoms with Crippen molar-refractivity contribution in [3.05, 3.63) is 194 Å². The molecule has 0 N–H and O–H groups in total. The van der Waals surface area contributed by atoms with E-state index in [4.69, 9.17) is 0 Å². The van der Waals surface area contributed by atoms with Gasteiger partial charge in [-0.25, -0.2) is 0 Å². The van der Waals surface area contributed by atoms with E-state index in [1.165, 1.54) is 82.7 Å². The summed E-state index contributed by atoms with van der Waals surface area (Å²) in [6.07, 6.45) is 0. The van der Waals surface area contributed by atoms with E-state index < -0.39 is 0 Å². The average Bonchev–Trinajstić information content (AvgIpc) is 3.70. The molecule has 10 rings (SSSR count). The molecule has 10 aromatic rings. The summed E-state index contributed by atoms with van der Waals surface area (Å²) in [6, 6.07) is 70.4. The minimum atomic E-state index is 1.16. The topological polar surface area (TPSA) is 9.86 Å². The number of rotatable bonds is 5. The van der Waals surface area contributed by atoms with Gasteiger partial charge in [0.1, 0.15) is 0 Å². The van der Waals surface area contributed by atoms with Crippen LogP contribution in [0.1, 0.15) is 0 Å². The summed E-state index contributed by atoms with van der Waals surface area (Å²) in [4.78, 5) is 0. The lowest BCUT2D eigenvalue weighted by Gasteiger charge is -2.15. The standard InChI is InChI=1S/C48H32N2/c1-3-15-33(16-4-1)35-19-13-21-37(29-35)39-23-7-10-26-44(39)50-46-28-12-9-25-41(46)43-31-47-42(32-48(43)50)40-24-8-11-27-45(40)49(47)38-22-14-20-36(30-38)34-17-5-2-6-18-34/h1-32H. The van der Waals surface area contributed by atoms with E-state index in [1.807, 2.05) is 0 Å². The molecule has 2 heterocycles. The first-order valence-corrected chi connectivity index (χ1v) is 17.2. The molecule has 2 heteroatoms. The third-order valence-corrected chi connectivity index (χ3v) is 10.1. The Kier molecular flexibility index (Phi) is 6.53. The molecule has 0 saturated heterocycles. The van der Waals surface area contributed by atoms with Crippen molar-refractivity contribution >= 4 is 43.6 Å². The van der Waals surface area contributed by atoms with Crippen LogP contribution in [0.2, 0.25) is 0 Å². The van der Waals surface area contributed by atoms with Gasteiger partial charge in [0.15, 0.2) is 0 Å². The molecule has 0 saturated carbocycles. The second kappa shape index (κ2) is 11.5. The van der Waals surface area contributed by atoms with E-state index in [0.29, 0.717) is 0 Å². The van der Waals surface area contributed by atoms with Gasteiger partial charge in [0.05, 0.1) is 27.8 Å². The second-order valence-electron chi connectivity index (χ2n) is 13.0. The van der Waals surface area contributed by atoms with Crippen molar-refractivity contribution in [2.45, 2.75) is 0 Å². The largest absolute Gasteiger partial charge is 0.309 e. The van der Waals surface area contributed by atoms with Crippen molar-refractivity contribution < 1.29 is 0 Å². The molecular formula is C48H32N2. The zero-order valence-electron chi connectivity index (χ0n) is 27.4. The van der Waals surface area contributed by atoms with Crippen LogP contribution in [0.15, 0.2) is 194 Å². The molecule has 0 amide bonds. The number of aromatic nitrogens is 2. The third kappa shape index (κ3) is 4.50. The van der Waals surface area contributed by atoms with Crippen LogP contribution >= 0.6 is 0 Å². The van der Waals surface area contributed by atoms with Gasteiger partial charge >= 0.3 is 0 Å². The molecule has 0 radical (unpaired) electrons. The van der Waals surface area contributed by atoms with Gasteiger partial charge in [-0.05, 0) is 76.3 Å². The molecule has 0 fully saturated rings. The zero-order valence-corrected chi connectivity index (χ0v) is 27.4. The molecule has 50 heavy (non-hydrogen) atoms. The minimum Gasteiger partial charge on any atom is -0.309 e. The number of benzene rings is 8. The van der Waals surface area contributed by atoms with Crippen LogP contribution in [0.4, 0.5) is 0 Å². The number of fused-ring (bicyclic) bond motifs is 6. The number of nitrogens with zero attached hydrogens (tertiary/aromatic N) is 2. The van der Waals surface area contributed by atoms with Crippen molar-refractivity contribution in [1.29, 1.82) is 0 Å². The van der Waals surface area contributed by atoms with Crippen LogP contribution in [0, 0.1) is 0 Å². The van der Waals surface area contributed by atoms with E-state index in [9.17, 15) is 0 Å². The van der Waals surface area contributed by atoms with Gasteiger partial charge in [-0.15, -0.1) is 0 Å². The normalized spacial score (nSPS) is 11.6. The first-order valence-electron chi connectivity index (χ1n) is 17.2. The molecule has 0 unspecified atom stereocenters. The Morgan fingerprint density at radius 3 is 1.42 bits per heavy atom. The maximum absolute atomic E-state index is 2.47. The minimum absolute atomic E-state index is 1.16. The molecule has 0 spiro atoms. The fraction of sp³-hybridized carbons (Fsp3) is 0. The summed E-state index contributed by atoms with van der Waals surface area (Å²) in [6.45, 7) is 0. The third-order valence-electron chi connectivity index (χ3n) is 10.1. The Hall–Kier alpha value is -6.64. The van der Waals surface area contributed by atoms with E-state index >= 15 is 0 Å². The molecule has 0 aliphatic rings. The van der Waals surface area contributed by atoms with Crippen LogP contribution in [0.25, 0.3) is 88.4 Å². The molecule has 0 aliphatic heterocycles. The van der Waals surface area contributed by atoms with Crippen LogP contribution in [0.3, 0.4) is 0 Å². The van der Waals surface area contributed by atoms with E-state index in [-0.39, 0.29) is 0 Å². The summed E-state index contributed by atoms with van der Waals surface area (Å²) in [5.74, 6) is 0. The van der Waals surface area contributed by atoms with Crippen molar-refractivity contribution in [3.8, 4) is 44.8 Å². The lowest BCUT2D eigenvalue weighted by molar-refractivity contribution is 1.18. The average molecular weight is 637 g/mol. The Bertz CT molecular complexity index is 2860. The maximum Gasteiger partial charge on any atom is 0.0549 e. The highest BCUT2D eigenvalue weighted by molar-refractivity contribution is 6.19. The zero-order chi connectivity index (χ0) is 33.0. The SMILES string of the molecule is c1ccc(-c2cccc(-c3ccccc3-n3c4ccccc4c4cc5c(cc43)c3ccccc3n5-c3cccc(-c4ccccc4)c3)c2)cc1. The highest BCUT2D eigenvalue weighted by Crippen LogP contribution is 2.41. The van der Waals surface area contributed by atoms with Crippen molar-refractivity contribution in [2.75, 3.05) is 0 Å². The number of hydrogen-bond donors (Lipinski definition) is 0. The molecule has 0 aliphatic carbocycles. The molecule has 2 aromatic heterocycles. The number of para-hydroxylation sites is 3. The summed E-state index contributed by atoms with van der Waals surface area (Å²) in [5, 5.41) is 4.97. The molecule has 8 aromatic carbocycles. The van der Waals surface area contributed by atoms with Gasteiger partial charge in [-0.1, -0.05) is 146 Å². The fourth-order valence-electron chi connectivity index (χ4n) is 7.83. The van der Waals surface area contributed by atoms with Gasteiger partial charge in [0.25, 0.3) is 0 Å². The van der Waals surface area contributed by atoms with E-state index in [0.717, 1.165) is 5.69 Å². The first-order chi connectivity index (χ1) is 24.8. The quantitative estimate of drug-likeness (QED) is 0.178. The second-order valence-corrected chi connectivity index (χ2v) is 13.0. The Labute approximate surface area is 290 Å². The Morgan fingerprint density at radius 2 is 0.740 bits per heavy atom.